The Hall–Kier alpha value is -0.960. The molecule has 0 aromatic heterocycles. The summed E-state index contributed by atoms with van der Waals surface area (Å²) >= 11 is 0. The molecule has 0 aliphatic rings. The smallest absolute Gasteiger partial charge is 0.186 e. The Morgan fingerprint density at radius 2 is 2.00 bits per heavy atom. The Morgan fingerprint density at radius 1 is 1.31 bits per heavy atom. The zero-order chi connectivity index (χ0) is 9.84. The monoisotopic (exact) mass is 186 g/mol. The van der Waals surface area contributed by atoms with Crippen LogP contribution in [0.15, 0.2) is 18.2 Å². The van der Waals surface area contributed by atoms with Crippen LogP contribution in [0.1, 0.15) is 13.3 Å². The van der Waals surface area contributed by atoms with Crippen molar-refractivity contribution in [1.29, 1.82) is 0 Å². The van der Waals surface area contributed by atoms with Gasteiger partial charge < -0.3 is 4.90 Å². The maximum atomic E-state index is 13.2. The average molecular weight is 186 g/mol. The molecule has 0 bridgehead atoms. The predicted octanol–water partition coefficient (Wildman–Crippen LogP) is 1.52. The van der Waals surface area contributed by atoms with Crippen LogP contribution in [0.5, 0.6) is 0 Å². The number of benzene rings is 1. The van der Waals surface area contributed by atoms with Crippen molar-refractivity contribution < 1.29 is 13.7 Å². The van der Waals surface area contributed by atoms with Crippen molar-refractivity contribution in [1.82, 2.24) is 0 Å². The van der Waals surface area contributed by atoms with Gasteiger partial charge in [0.15, 0.2) is 11.5 Å². The largest absolute Gasteiger partial charge is 0.302 e. The lowest BCUT2D eigenvalue weighted by molar-refractivity contribution is -0.811. The van der Waals surface area contributed by atoms with E-state index >= 15 is 0 Å². The molecular weight excluding hydrogens is 172 g/mol. The second kappa shape index (κ2) is 4.33. The number of hydrogen-bond acceptors (Lipinski definition) is 0. The highest BCUT2D eigenvalue weighted by Crippen LogP contribution is 2.10. The molecule has 0 aliphatic carbocycles. The molecule has 0 amide bonds. The van der Waals surface area contributed by atoms with Crippen molar-refractivity contribution in [3.63, 3.8) is 0 Å². The number of nitrogens with one attached hydrogen (secondary N) is 1. The first-order valence-corrected chi connectivity index (χ1v) is 4.43. The fourth-order valence-electron chi connectivity index (χ4n) is 1.35. The summed E-state index contributed by atoms with van der Waals surface area (Å²) in [5.74, 6) is -0.989. The highest BCUT2D eigenvalue weighted by atomic mass is 19.1. The van der Waals surface area contributed by atoms with E-state index in [-0.39, 0.29) is 0 Å². The molecule has 13 heavy (non-hydrogen) atoms. The standard InChI is InChI=1S/C10H13F2N/c1-3-6-13(2)10-5-4-8(11)7-9(10)12/h4-5,7H,3,6H2,1-2H3/p+1. The lowest BCUT2D eigenvalue weighted by Gasteiger charge is -2.12. The maximum absolute atomic E-state index is 13.2. The van der Waals surface area contributed by atoms with Gasteiger partial charge in [-0.25, -0.2) is 8.78 Å². The Balaban J connectivity index is 2.88. The fourth-order valence-corrected chi connectivity index (χ4v) is 1.35. The van der Waals surface area contributed by atoms with Gasteiger partial charge in [0.25, 0.3) is 0 Å². The zero-order valence-electron chi connectivity index (χ0n) is 7.90. The van der Waals surface area contributed by atoms with Crippen LogP contribution in [-0.2, 0) is 0 Å². The first-order valence-electron chi connectivity index (χ1n) is 4.43. The second-order valence-electron chi connectivity index (χ2n) is 3.15. The van der Waals surface area contributed by atoms with Gasteiger partial charge in [0.1, 0.15) is 5.82 Å². The van der Waals surface area contributed by atoms with Crippen LogP contribution in [0.2, 0.25) is 0 Å². The van der Waals surface area contributed by atoms with Crippen molar-refractivity contribution in [2.45, 2.75) is 13.3 Å². The van der Waals surface area contributed by atoms with E-state index in [1.807, 2.05) is 14.0 Å². The number of quaternary nitrogens is 1. The molecule has 0 fully saturated rings. The molecule has 1 unspecified atom stereocenters. The van der Waals surface area contributed by atoms with E-state index in [0.717, 1.165) is 23.9 Å². The molecule has 1 nitrogen and oxygen atoms in total. The molecule has 1 rings (SSSR count). The molecule has 0 spiro atoms. The van der Waals surface area contributed by atoms with Gasteiger partial charge in [-0.2, -0.15) is 0 Å². The fraction of sp³-hybridized carbons (Fsp3) is 0.400. The average Bonchev–Trinajstić information content (AvgIpc) is 2.04. The van der Waals surface area contributed by atoms with Crippen LogP contribution >= 0.6 is 0 Å². The lowest BCUT2D eigenvalue weighted by atomic mass is 10.2. The summed E-state index contributed by atoms with van der Waals surface area (Å²) in [6.07, 6.45) is 0.975. The van der Waals surface area contributed by atoms with Crippen LogP contribution in [0.3, 0.4) is 0 Å². The molecular formula is C10H14F2N+. The summed E-state index contributed by atoms with van der Waals surface area (Å²) in [4.78, 5) is 0.972. The van der Waals surface area contributed by atoms with Crippen LogP contribution in [-0.4, -0.2) is 13.6 Å². The van der Waals surface area contributed by atoms with E-state index in [2.05, 4.69) is 0 Å². The van der Waals surface area contributed by atoms with Crippen LogP contribution < -0.4 is 4.90 Å². The van der Waals surface area contributed by atoms with Crippen LogP contribution in [0.4, 0.5) is 14.5 Å². The summed E-state index contributed by atoms with van der Waals surface area (Å²) in [7, 11) is 1.87. The Labute approximate surface area is 77.0 Å². The van der Waals surface area contributed by atoms with Gasteiger partial charge in [-0.05, 0) is 12.5 Å². The molecule has 1 aromatic rings. The third-order valence-electron chi connectivity index (χ3n) is 2.02. The molecule has 1 aromatic carbocycles. The molecule has 0 aliphatic heterocycles. The van der Waals surface area contributed by atoms with Gasteiger partial charge >= 0.3 is 0 Å². The zero-order valence-corrected chi connectivity index (χ0v) is 7.90. The van der Waals surface area contributed by atoms with Gasteiger partial charge in [0.05, 0.1) is 13.6 Å². The van der Waals surface area contributed by atoms with Gasteiger partial charge in [-0.3, -0.25) is 0 Å². The van der Waals surface area contributed by atoms with Crippen molar-refractivity contribution in [2.24, 2.45) is 0 Å². The summed E-state index contributed by atoms with van der Waals surface area (Å²) < 4.78 is 25.7. The predicted molar refractivity (Wildman–Crippen MR) is 48.1 cm³/mol. The first kappa shape index (κ1) is 10.1. The van der Waals surface area contributed by atoms with Gasteiger partial charge in [0, 0.05) is 12.1 Å². The van der Waals surface area contributed by atoms with Crippen molar-refractivity contribution >= 4 is 5.69 Å². The Kier molecular flexibility index (Phi) is 3.37. The lowest BCUT2D eigenvalue weighted by Crippen LogP contribution is -3.04. The van der Waals surface area contributed by atoms with E-state index in [4.69, 9.17) is 0 Å². The molecule has 0 radical (unpaired) electrons. The van der Waals surface area contributed by atoms with E-state index in [1.165, 1.54) is 12.1 Å². The number of rotatable bonds is 3. The minimum atomic E-state index is -0.523. The second-order valence-corrected chi connectivity index (χ2v) is 3.15. The minimum Gasteiger partial charge on any atom is -0.302 e. The molecule has 0 saturated heterocycles. The minimum absolute atomic E-state index is 0.467. The van der Waals surface area contributed by atoms with Gasteiger partial charge in [-0.1, -0.05) is 6.92 Å². The summed E-state index contributed by atoms with van der Waals surface area (Å²) in [6, 6.07) is 3.71. The molecule has 72 valence electrons. The molecule has 0 heterocycles. The van der Waals surface area contributed by atoms with Gasteiger partial charge in [0.2, 0.25) is 0 Å². The third kappa shape index (κ3) is 2.49. The van der Waals surface area contributed by atoms with Crippen LogP contribution in [0.25, 0.3) is 0 Å². The summed E-state index contributed by atoms with van der Waals surface area (Å²) in [5.41, 5.74) is 0.531. The highest BCUT2D eigenvalue weighted by molar-refractivity contribution is 5.30. The van der Waals surface area contributed by atoms with Crippen molar-refractivity contribution in [3.05, 3.63) is 29.8 Å². The van der Waals surface area contributed by atoms with Gasteiger partial charge in [-0.15, -0.1) is 0 Å². The molecule has 1 N–H and O–H groups in total. The van der Waals surface area contributed by atoms with E-state index in [0.29, 0.717) is 5.69 Å². The highest BCUT2D eigenvalue weighted by Gasteiger charge is 2.11. The van der Waals surface area contributed by atoms with Crippen LogP contribution in [0, 0.1) is 11.6 Å². The van der Waals surface area contributed by atoms with E-state index < -0.39 is 11.6 Å². The van der Waals surface area contributed by atoms with Crippen molar-refractivity contribution in [3.8, 4) is 0 Å². The maximum Gasteiger partial charge on any atom is 0.186 e. The SMILES string of the molecule is CCC[NH+](C)c1ccc(F)cc1F. The Bertz CT molecular complexity index is 286. The van der Waals surface area contributed by atoms with E-state index in [1.54, 1.807) is 0 Å². The third-order valence-corrected chi connectivity index (χ3v) is 2.02. The topological polar surface area (TPSA) is 4.44 Å². The Morgan fingerprint density at radius 3 is 2.54 bits per heavy atom. The molecule has 0 saturated carbocycles. The molecule has 3 heteroatoms. The quantitative estimate of drug-likeness (QED) is 0.730. The first-order chi connectivity index (χ1) is 6.15. The summed E-state index contributed by atoms with van der Waals surface area (Å²) in [6.45, 7) is 2.88. The van der Waals surface area contributed by atoms with E-state index in [9.17, 15) is 8.78 Å². The normalized spacial score (nSPS) is 12.9. The number of hydrogen-bond donors (Lipinski definition) is 1. The number of halogens is 2. The van der Waals surface area contributed by atoms with Crippen molar-refractivity contribution in [2.75, 3.05) is 13.6 Å². The molecule has 1 atom stereocenters. The summed E-state index contributed by atoms with van der Waals surface area (Å²) in [5, 5.41) is 0.